The van der Waals surface area contributed by atoms with Gasteiger partial charge in [-0.2, -0.15) is 0 Å². The van der Waals surface area contributed by atoms with Crippen LogP contribution in [0.1, 0.15) is 5.69 Å². The molecule has 0 amide bonds. The van der Waals surface area contributed by atoms with Crippen LogP contribution in [0.2, 0.25) is 0 Å². The van der Waals surface area contributed by atoms with Crippen LogP contribution < -0.4 is 0 Å². The Labute approximate surface area is 133 Å². The first kappa shape index (κ1) is 16.4. The number of aliphatic hydroxyl groups excluding tert-OH is 4. The molecule has 0 bridgehead atoms. The van der Waals surface area contributed by atoms with Crippen LogP contribution in [0.3, 0.4) is 0 Å². The summed E-state index contributed by atoms with van der Waals surface area (Å²) in [5, 5.41) is 39.5. The van der Waals surface area contributed by atoms with Crippen molar-refractivity contribution in [3.8, 4) is 0 Å². The van der Waals surface area contributed by atoms with Crippen molar-refractivity contribution in [1.82, 2.24) is 4.98 Å². The lowest BCUT2D eigenvalue weighted by Crippen LogP contribution is -2.59. The Balaban J connectivity index is 1.57. The summed E-state index contributed by atoms with van der Waals surface area (Å²) < 4.78 is 10.8. The summed E-state index contributed by atoms with van der Waals surface area (Å²) in [7, 11) is 0. The Kier molecular flexibility index (Phi) is 4.96. The number of benzene rings is 1. The molecule has 126 valence electrons. The van der Waals surface area contributed by atoms with Gasteiger partial charge in [0.2, 0.25) is 0 Å². The van der Waals surface area contributed by atoms with E-state index in [2.05, 4.69) is 4.98 Å². The zero-order valence-electron chi connectivity index (χ0n) is 12.5. The first-order valence-corrected chi connectivity index (χ1v) is 7.59. The van der Waals surface area contributed by atoms with Gasteiger partial charge in [-0.05, 0) is 17.5 Å². The predicted octanol–water partition coefficient (Wildman–Crippen LogP) is -0.473. The summed E-state index contributed by atoms with van der Waals surface area (Å²) in [4.78, 5) is 3.27. The van der Waals surface area contributed by atoms with Gasteiger partial charge in [-0.1, -0.05) is 18.2 Å². The molecule has 5 N–H and O–H groups in total. The van der Waals surface area contributed by atoms with Gasteiger partial charge in [0, 0.05) is 17.6 Å². The number of aromatic amines is 1. The molecule has 1 fully saturated rings. The van der Waals surface area contributed by atoms with Crippen molar-refractivity contribution in [3.63, 3.8) is 0 Å². The van der Waals surface area contributed by atoms with Crippen LogP contribution in [0.15, 0.2) is 30.3 Å². The Hall–Kier alpha value is -1.48. The second kappa shape index (κ2) is 6.96. The smallest absolute Gasteiger partial charge is 0.186 e. The van der Waals surface area contributed by atoms with Crippen LogP contribution in [0.4, 0.5) is 0 Å². The van der Waals surface area contributed by atoms with Gasteiger partial charge in [0.1, 0.15) is 24.4 Å². The molecule has 1 unspecified atom stereocenters. The summed E-state index contributed by atoms with van der Waals surface area (Å²) in [6.45, 7) is -0.206. The number of hydrogen-bond donors (Lipinski definition) is 5. The van der Waals surface area contributed by atoms with E-state index in [1.807, 2.05) is 30.3 Å². The maximum Gasteiger partial charge on any atom is 0.186 e. The molecule has 23 heavy (non-hydrogen) atoms. The third-order valence-electron chi connectivity index (χ3n) is 4.09. The Bertz CT molecular complexity index is 609. The third-order valence-corrected chi connectivity index (χ3v) is 4.09. The highest BCUT2D eigenvalue weighted by atomic mass is 16.7. The van der Waals surface area contributed by atoms with Crippen LogP contribution in [0.5, 0.6) is 0 Å². The van der Waals surface area contributed by atoms with E-state index in [-0.39, 0.29) is 6.61 Å². The zero-order chi connectivity index (χ0) is 16.4. The molecule has 2 heterocycles. The van der Waals surface area contributed by atoms with Gasteiger partial charge >= 0.3 is 0 Å². The summed E-state index contributed by atoms with van der Waals surface area (Å²) in [6.07, 6.45) is -5.62. The van der Waals surface area contributed by atoms with Crippen molar-refractivity contribution in [2.24, 2.45) is 0 Å². The van der Waals surface area contributed by atoms with Gasteiger partial charge in [0.15, 0.2) is 6.29 Å². The fourth-order valence-corrected chi connectivity index (χ4v) is 2.76. The van der Waals surface area contributed by atoms with Gasteiger partial charge < -0.3 is 34.9 Å². The fraction of sp³-hybridized carbons (Fsp3) is 0.500. The lowest BCUT2D eigenvalue weighted by molar-refractivity contribution is -0.300. The summed E-state index contributed by atoms with van der Waals surface area (Å²) in [5.74, 6) is 0. The standard InChI is InChI=1S/C16H21NO6/c18-8-12-13(19)14(20)15(21)16(23-12)22-6-5-10-7-9-3-1-2-4-11(9)17-10/h1-4,7,12-21H,5-6,8H2/t12-,13-,14+,15-,16?/m1/s1. The third kappa shape index (κ3) is 3.40. The molecule has 1 aromatic carbocycles. The van der Waals surface area contributed by atoms with E-state index in [9.17, 15) is 15.3 Å². The number of aromatic nitrogens is 1. The van der Waals surface area contributed by atoms with E-state index >= 15 is 0 Å². The van der Waals surface area contributed by atoms with Gasteiger partial charge in [0.05, 0.1) is 13.2 Å². The lowest BCUT2D eigenvalue weighted by atomic mass is 9.99. The van der Waals surface area contributed by atoms with Gasteiger partial charge in [0.25, 0.3) is 0 Å². The molecular weight excluding hydrogens is 302 g/mol. The van der Waals surface area contributed by atoms with Crippen LogP contribution in [0.25, 0.3) is 10.9 Å². The second-order valence-electron chi connectivity index (χ2n) is 5.70. The molecule has 5 atom stereocenters. The molecule has 0 saturated carbocycles. The monoisotopic (exact) mass is 323 g/mol. The SMILES string of the molecule is OC[C@H]1OC(OCCc2cc3ccccc3[nH]2)[C@H](O)[C@@H](O)[C@@H]1O. The highest BCUT2D eigenvalue weighted by molar-refractivity contribution is 5.80. The molecular formula is C16H21NO6. The van der Waals surface area contributed by atoms with Crippen molar-refractivity contribution in [2.75, 3.05) is 13.2 Å². The minimum atomic E-state index is -1.42. The molecule has 1 aromatic heterocycles. The van der Waals surface area contributed by atoms with Gasteiger partial charge in [-0.3, -0.25) is 0 Å². The molecule has 0 aliphatic carbocycles. The van der Waals surface area contributed by atoms with E-state index in [0.717, 1.165) is 16.6 Å². The van der Waals surface area contributed by atoms with Gasteiger partial charge in [-0.15, -0.1) is 0 Å². The van der Waals surface area contributed by atoms with E-state index in [4.69, 9.17) is 14.6 Å². The van der Waals surface area contributed by atoms with Gasteiger partial charge in [-0.25, -0.2) is 0 Å². The van der Waals surface area contributed by atoms with E-state index < -0.39 is 37.3 Å². The molecule has 7 nitrogen and oxygen atoms in total. The Morgan fingerprint density at radius 2 is 1.87 bits per heavy atom. The molecule has 0 radical (unpaired) electrons. The predicted molar refractivity (Wildman–Crippen MR) is 81.7 cm³/mol. The first-order chi connectivity index (χ1) is 11.1. The number of aliphatic hydroxyl groups is 4. The number of ether oxygens (including phenoxy) is 2. The zero-order valence-corrected chi connectivity index (χ0v) is 12.5. The molecule has 1 aliphatic rings. The molecule has 7 heteroatoms. The van der Waals surface area contributed by atoms with Crippen LogP contribution in [-0.2, 0) is 15.9 Å². The van der Waals surface area contributed by atoms with E-state index in [1.54, 1.807) is 0 Å². The number of hydrogen-bond acceptors (Lipinski definition) is 6. The second-order valence-corrected chi connectivity index (χ2v) is 5.70. The number of fused-ring (bicyclic) bond motifs is 1. The molecule has 1 aliphatic heterocycles. The minimum absolute atomic E-state index is 0.259. The topological polar surface area (TPSA) is 115 Å². The van der Waals surface area contributed by atoms with Crippen molar-refractivity contribution >= 4 is 10.9 Å². The lowest BCUT2D eigenvalue weighted by Gasteiger charge is -2.39. The average Bonchev–Trinajstić information content (AvgIpc) is 2.97. The molecule has 2 aromatic rings. The van der Waals surface area contributed by atoms with Crippen molar-refractivity contribution in [2.45, 2.75) is 37.1 Å². The van der Waals surface area contributed by atoms with Crippen LogP contribution in [-0.4, -0.2) is 69.3 Å². The summed E-state index contributed by atoms with van der Waals surface area (Å²) >= 11 is 0. The highest BCUT2D eigenvalue weighted by Crippen LogP contribution is 2.22. The summed E-state index contributed by atoms with van der Waals surface area (Å²) in [6, 6.07) is 9.93. The molecule has 3 rings (SSSR count). The number of para-hydroxylation sites is 1. The molecule has 1 saturated heterocycles. The minimum Gasteiger partial charge on any atom is -0.394 e. The van der Waals surface area contributed by atoms with Crippen molar-refractivity contribution < 1.29 is 29.9 Å². The van der Waals surface area contributed by atoms with E-state index in [1.165, 1.54) is 0 Å². The maximum absolute atomic E-state index is 9.88. The normalized spacial score (nSPS) is 31.6. The van der Waals surface area contributed by atoms with Crippen molar-refractivity contribution in [1.29, 1.82) is 0 Å². The summed E-state index contributed by atoms with van der Waals surface area (Å²) in [5.41, 5.74) is 2.02. The van der Waals surface area contributed by atoms with Crippen LogP contribution in [0, 0.1) is 0 Å². The number of H-pyrrole nitrogens is 1. The number of rotatable bonds is 5. The highest BCUT2D eigenvalue weighted by Gasteiger charge is 2.43. The van der Waals surface area contributed by atoms with Crippen LogP contribution >= 0.6 is 0 Å². The number of nitrogens with one attached hydrogen (secondary N) is 1. The van der Waals surface area contributed by atoms with E-state index in [0.29, 0.717) is 6.42 Å². The first-order valence-electron chi connectivity index (χ1n) is 7.59. The molecule has 0 spiro atoms. The quantitative estimate of drug-likeness (QED) is 0.508. The van der Waals surface area contributed by atoms with Crippen molar-refractivity contribution in [3.05, 3.63) is 36.0 Å². The average molecular weight is 323 g/mol. The fourth-order valence-electron chi connectivity index (χ4n) is 2.76. The Morgan fingerprint density at radius 1 is 1.09 bits per heavy atom. The maximum atomic E-state index is 9.88. The largest absolute Gasteiger partial charge is 0.394 e. The Morgan fingerprint density at radius 3 is 2.61 bits per heavy atom.